The fourth-order valence-electron chi connectivity index (χ4n) is 2.48. The number of morpholine rings is 1. The maximum Gasteiger partial charge on any atom is 0.238 e. The molecule has 1 aliphatic heterocycles. The van der Waals surface area contributed by atoms with Crippen molar-refractivity contribution in [3.63, 3.8) is 0 Å². The molecule has 0 bridgehead atoms. The van der Waals surface area contributed by atoms with E-state index in [0.29, 0.717) is 0 Å². The number of carbonyl (C=O) groups excluding carboxylic acids is 1. The molecule has 1 heterocycles. The number of halogens is 1. The van der Waals surface area contributed by atoms with Gasteiger partial charge in [0, 0.05) is 33.2 Å². The molecule has 0 aromatic carbocycles. The van der Waals surface area contributed by atoms with E-state index in [1.54, 1.807) is 11.8 Å². The predicted molar refractivity (Wildman–Crippen MR) is 79.6 cm³/mol. The highest BCUT2D eigenvalue weighted by atomic mass is 35.5. The molecular formula is C13H28ClN3O2. The van der Waals surface area contributed by atoms with Crippen molar-refractivity contribution in [2.24, 2.45) is 11.1 Å². The van der Waals surface area contributed by atoms with Crippen molar-refractivity contribution in [1.82, 2.24) is 9.80 Å². The third kappa shape index (κ3) is 6.56. The van der Waals surface area contributed by atoms with Crippen molar-refractivity contribution in [2.45, 2.75) is 26.8 Å². The highest BCUT2D eigenvalue weighted by molar-refractivity contribution is 5.85. The van der Waals surface area contributed by atoms with Gasteiger partial charge in [0.1, 0.15) is 0 Å². The number of ether oxygens (including phenoxy) is 1. The third-order valence-corrected chi connectivity index (χ3v) is 3.19. The number of hydrogen-bond donors (Lipinski definition) is 1. The smallest absolute Gasteiger partial charge is 0.238 e. The molecular weight excluding hydrogens is 266 g/mol. The van der Waals surface area contributed by atoms with Crippen LogP contribution in [0.25, 0.3) is 0 Å². The summed E-state index contributed by atoms with van der Waals surface area (Å²) >= 11 is 0. The van der Waals surface area contributed by atoms with Crippen LogP contribution in [0, 0.1) is 5.41 Å². The van der Waals surface area contributed by atoms with E-state index in [2.05, 4.69) is 18.7 Å². The first-order chi connectivity index (χ1) is 8.32. The van der Waals surface area contributed by atoms with Gasteiger partial charge in [-0.05, 0) is 12.3 Å². The average Bonchev–Trinajstić information content (AvgIpc) is 2.27. The Morgan fingerprint density at radius 1 is 1.42 bits per heavy atom. The molecule has 1 fully saturated rings. The SMILES string of the molecule is C[C@@H](N)C(=O)N(C)CC(C)(C)CN1CCOCC1.Cl. The van der Waals surface area contributed by atoms with Gasteiger partial charge >= 0.3 is 0 Å². The molecule has 0 spiro atoms. The van der Waals surface area contributed by atoms with Crippen molar-refractivity contribution in [3.05, 3.63) is 0 Å². The molecule has 1 rings (SSSR count). The van der Waals surface area contributed by atoms with Crippen LogP contribution in [0.4, 0.5) is 0 Å². The number of carbonyl (C=O) groups is 1. The summed E-state index contributed by atoms with van der Waals surface area (Å²) in [6, 6.07) is -0.422. The van der Waals surface area contributed by atoms with Crippen molar-refractivity contribution in [1.29, 1.82) is 0 Å². The largest absolute Gasteiger partial charge is 0.379 e. The van der Waals surface area contributed by atoms with Crippen LogP contribution >= 0.6 is 12.4 Å². The van der Waals surface area contributed by atoms with Gasteiger partial charge in [-0.15, -0.1) is 12.4 Å². The first-order valence-corrected chi connectivity index (χ1v) is 6.62. The molecule has 1 amide bonds. The van der Waals surface area contributed by atoms with E-state index in [-0.39, 0.29) is 23.7 Å². The monoisotopic (exact) mass is 293 g/mol. The Morgan fingerprint density at radius 3 is 2.42 bits per heavy atom. The Bertz CT molecular complexity index is 279. The second-order valence-corrected chi connectivity index (χ2v) is 6.04. The molecule has 19 heavy (non-hydrogen) atoms. The Hall–Kier alpha value is -0.360. The van der Waals surface area contributed by atoms with E-state index in [4.69, 9.17) is 10.5 Å². The van der Waals surface area contributed by atoms with E-state index in [0.717, 1.165) is 39.4 Å². The molecule has 1 atom stereocenters. The zero-order chi connectivity index (χ0) is 13.8. The van der Waals surface area contributed by atoms with E-state index >= 15 is 0 Å². The summed E-state index contributed by atoms with van der Waals surface area (Å²) in [5.41, 5.74) is 5.69. The van der Waals surface area contributed by atoms with Crippen LogP contribution < -0.4 is 5.73 Å². The normalized spacial score (nSPS) is 18.6. The van der Waals surface area contributed by atoms with Crippen LogP contribution in [0.3, 0.4) is 0 Å². The number of nitrogens with two attached hydrogens (primary N) is 1. The van der Waals surface area contributed by atoms with Crippen LogP contribution in [0.2, 0.25) is 0 Å². The summed E-state index contributed by atoms with van der Waals surface area (Å²) in [5, 5.41) is 0. The first-order valence-electron chi connectivity index (χ1n) is 6.62. The molecule has 2 N–H and O–H groups in total. The molecule has 1 aliphatic rings. The molecule has 6 heteroatoms. The average molecular weight is 294 g/mol. The molecule has 1 saturated heterocycles. The fraction of sp³-hybridized carbons (Fsp3) is 0.923. The van der Waals surface area contributed by atoms with Crippen molar-refractivity contribution >= 4 is 18.3 Å². The van der Waals surface area contributed by atoms with Crippen LogP contribution in [0.5, 0.6) is 0 Å². The summed E-state index contributed by atoms with van der Waals surface area (Å²) in [7, 11) is 1.83. The van der Waals surface area contributed by atoms with E-state index in [9.17, 15) is 4.79 Å². The number of rotatable bonds is 5. The molecule has 114 valence electrons. The first kappa shape index (κ1) is 18.6. The lowest BCUT2D eigenvalue weighted by molar-refractivity contribution is -0.132. The lowest BCUT2D eigenvalue weighted by atomic mass is 9.91. The van der Waals surface area contributed by atoms with Gasteiger partial charge in [0.2, 0.25) is 5.91 Å². The summed E-state index contributed by atoms with van der Waals surface area (Å²) in [6.45, 7) is 11.4. The molecule has 0 unspecified atom stereocenters. The molecule has 0 aromatic rings. The minimum absolute atomic E-state index is 0. The summed E-state index contributed by atoms with van der Waals surface area (Å²) in [6.07, 6.45) is 0. The highest BCUT2D eigenvalue weighted by Crippen LogP contribution is 2.19. The minimum atomic E-state index is -0.422. The fourth-order valence-corrected chi connectivity index (χ4v) is 2.48. The van der Waals surface area contributed by atoms with Gasteiger partial charge < -0.3 is 15.4 Å². The number of nitrogens with zero attached hydrogens (tertiary/aromatic N) is 2. The van der Waals surface area contributed by atoms with Crippen LogP contribution in [0.15, 0.2) is 0 Å². The summed E-state index contributed by atoms with van der Waals surface area (Å²) in [4.78, 5) is 15.9. The molecule has 0 aliphatic carbocycles. The Labute approximate surface area is 122 Å². The third-order valence-electron chi connectivity index (χ3n) is 3.19. The molecule has 0 aromatic heterocycles. The van der Waals surface area contributed by atoms with E-state index in [1.807, 2.05) is 7.05 Å². The van der Waals surface area contributed by atoms with Crippen molar-refractivity contribution in [3.8, 4) is 0 Å². The molecule has 0 saturated carbocycles. The second kappa shape index (κ2) is 8.04. The standard InChI is InChI=1S/C13H27N3O2.ClH/c1-11(14)12(17)15(4)9-13(2,3)10-16-5-7-18-8-6-16;/h11H,5-10,14H2,1-4H3;1H/t11-;/m1./s1. The summed E-state index contributed by atoms with van der Waals surface area (Å²) < 4.78 is 5.34. The Kier molecular flexibility index (Phi) is 7.89. The topological polar surface area (TPSA) is 58.8 Å². The number of hydrogen-bond acceptors (Lipinski definition) is 4. The second-order valence-electron chi connectivity index (χ2n) is 6.04. The highest BCUT2D eigenvalue weighted by Gasteiger charge is 2.27. The molecule has 0 radical (unpaired) electrons. The van der Waals surface area contributed by atoms with Crippen LogP contribution in [0.1, 0.15) is 20.8 Å². The maximum absolute atomic E-state index is 11.8. The predicted octanol–water partition coefficient (Wildman–Crippen LogP) is 0.572. The van der Waals surface area contributed by atoms with E-state index in [1.165, 1.54) is 0 Å². The van der Waals surface area contributed by atoms with Gasteiger partial charge in [-0.3, -0.25) is 9.69 Å². The number of likely N-dealkylation sites (N-methyl/N-ethyl adjacent to an activating group) is 1. The minimum Gasteiger partial charge on any atom is -0.379 e. The van der Waals surface area contributed by atoms with Gasteiger partial charge in [0.15, 0.2) is 0 Å². The number of amides is 1. The summed E-state index contributed by atoms with van der Waals surface area (Å²) in [5.74, 6) is 0.00468. The zero-order valence-electron chi connectivity index (χ0n) is 12.5. The zero-order valence-corrected chi connectivity index (χ0v) is 13.3. The van der Waals surface area contributed by atoms with Gasteiger partial charge in [-0.25, -0.2) is 0 Å². The lowest BCUT2D eigenvalue weighted by Gasteiger charge is -2.37. The van der Waals surface area contributed by atoms with Gasteiger partial charge in [-0.1, -0.05) is 13.8 Å². The molecule has 5 nitrogen and oxygen atoms in total. The van der Waals surface area contributed by atoms with Crippen LogP contribution in [-0.2, 0) is 9.53 Å². The van der Waals surface area contributed by atoms with E-state index < -0.39 is 6.04 Å². The quantitative estimate of drug-likeness (QED) is 0.805. The van der Waals surface area contributed by atoms with Crippen molar-refractivity contribution < 1.29 is 9.53 Å². The van der Waals surface area contributed by atoms with Gasteiger partial charge in [0.25, 0.3) is 0 Å². The maximum atomic E-state index is 11.8. The Balaban J connectivity index is 0.00000324. The van der Waals surface area contributed by atoms with Crippen molar-refractivity contribution in [2.75, 3.05) is 46.4 Å². The van der Waals surface area contributed by atoms with Gasteiger partial charge in [-0.2, -0.15) is 0 Å². The van der Waals surface area contributed by atoms with Crippen LogP contribution in [-0.4, -0.2) is 68.2 Å². The lowest BCUT2D eigenvalue weighted by Crippen LogP contribution is -2.48. The van der Waals surface area contributed by atoms with Gasteiger partial charge in [0.05, 0.1) is 19.3 Å². The Morgan fingerprint density at radius 2 is 1.95 bits per heavy atom.